The summed E-state index contributed by atoms with van der Waals surface area (Å²) in [5.74, 6) is -0.269. The van der Waals surface area contributed by atoms with Gasteiger partial charge >= 0.3 is 5.97 Å². The van der Waals surface area contributed by atoms with E-state index in [4.69, 9.17) is 4.74 Å². The largest absolute Gasteiger partial charge is 0.465 e. The van der Waals surface area contributed by atoms with Gasteiger partial charge in [0.05, 0.1) is 7.11 Å². The topological polar surface area (TPSA) is 26.3 Å². The highest BCUT2D eigenvalue weighted by atomic mass is 32.1. The van der Waals surface area contributed by atoms with E-state index in [0.717, 1.165) is 34.9 Å². The van der Waals surface area contributed by atoms with Crippen LogP contribution in [0, 0.1) is 0 Å². The molecule has 1 aromatic heterocycles. The summed E-state index contributed by atoms with van der Waals surface area (Å²) in [5, 5.41) is 1.11. The molecule has 0 aliphatic heterocycles. The summed E-state index contributed by atoms with van der Waals surface area (Å²) >= 11 is 1.48. The fourth-order valence-corrected chi connectivity index (χ4v) is 3.72. The molecule has 1 heterocycles. The number of hydrogen-bond donors (Lipinski definition) is 0. The lowest BCUT2D eigenvalue weighted by Crippen LogP contribution is -1.96. The first kappa shape index (κ1) is 16.5. The predicted octanol–water partition coefficient (Wildman–Crippen LogP) is 5.72. The maximum atomic E-state index is 11.7. The van der Waals surface area contributed by atoms with E-state index in [1.165, 1.54) is 24.0 Å². The van der Waals surface area contributed by atoms with Crippen LogP contribution in [0.15, 0.2) is 60.7 Å². The highest BCUT2D eigenvalue weighted by Crippen LogP contribution is 2.29. The first-order chi connectivity index (χ1) is 11.8. The SMILES string of the molecule is COC(=O)c1cc2c(C=CCCCc3ccccc3)cccc2s1. The maximum absolute atomic E-state index is 11.7. The van der Waals surface area contributed by atoms with Crippen LogP contribution in [0.4, 0.5) is 0 Å². The molecule has 0 N–H and O–H groups in total. The molecule has 0 spiro atoms. The number of esters is 1. The smallest absolute Gasteiger partial charge is 0.348 e. The molecular formula is C21H20O2S. The first-order valence-electron chi connectivity index (χ1n) is 8.09. The number of carbonyl (C=O) groups is 1. The number of benzene rings is 2. The van der Waals surface area contributed by atoms with Crippen LogP contribution in [0.1, 0.15) is 33.6 Å². The van der Waals surface area contributed by atoms with Gasteiger partial charge in [-0.25, -0.2) is 4.79 Å². The van der Waals surface area contributed by atoms with Gasteiger partial charge in [-0.15, -0.1) is 11.3 Å². The molecule has 0 aliphatic rings. The number of fused-ring (bicyclic) bond motifs is 1. The van der Waals surface area contributed by atoms with Crippen LogP contribution in [-0.4, -0.2) is 13.1 Å². The van der Waals surface area contributed by atoms with Crippen LogP contribution < -0.4 is 0 Å². The molecule has 0 atom stereocenters. The Hall–Kier alpha value is -2.39. The second-order valence-corrected chi connectivity index (χ2v) is 6.73. The molecule has 2 nitrogen and oxygen atoms in total. The van der Waals surface area contributed by atoms with Crippen LogP contribution >= 0.6 is 11.3 Å². The van der Waals surface area contributed by atoms with Gasteiger partial charge in [-0.3, -0.25) is 0 Å². The molecule has 24 heavy (non-hydrogen) atoms. The molecule has 0 amide bonds. The van der Waals surface area contributed by atoms with E-state index in [1.54, 1.807) is 0 Å². The summed E-state index contributed by atoms with van der Waals surface area (Å²) in [6.45, 7) is 0. The summed E-state index contributed by atoms with van der Waals surface area (Å²) in [6, 6.07) is 18.6. The Kier molecular flexibility index (Phi) is 5.44. The van der Waals surface area contributed by atoms with Crippen molar-refractivity contribution in [3.63, 3.8) is 0 Å². The van der Waals surface area contributed by atoms with Crippen molar-refractivity contribution < 1.29 is 9.53 Å². The van der Waals surface area contributed by atoms with Gasteiger partial charge in [0.25, 0.3) is 0 Å². The van der Waals surface area contributed by atoms with Crippen molar-refractivity contribution in [3.8, 4) is 0 Å². The zero-order valence-electron chi connectivity index (χ0n) is 13.7. The van der Waals surface area contributed by atoms with Crippen molar-refractivity contribution in [2.45, 2.75) is 19.3 Å². The molecule has 0 saturated carbocycles. The van der Waals surface area contributed by atoms with Crippen LogP contribution in [0.2, 0.25) is 0 Å². The maximum Gasteiger partial charge on any atom is 0.348 e. The molecule has 0 unspecified atom stereocenters. The Labute approximate surface area is 146 Å². The molecule has 0 radical (unpaired) electrons. The van der Waals surface area contributed by atoms with E-state index < -0.39 is 0 Å². The lowest BCUT2D eigenvalue weighted by Gasteiger charge is -1.99. The second-order valence-electron chi connectivity index (χ2n) is 5.64. The van der Waals surface area contributed by atoms with E-state index >= 15 is 0 Å². The highest BCUT2D eigenvalue weighted by Gasteiger charge is 2.11. The van der Waals surface area contributed by atoms with Gasteiger partial charge in [0.2, 0.25) is 0 Å². The molecule has 0 bridgehead atoms. The molecular weight excluding hydrogens is 316 g/mol. The summed E-state index contributed by atoms with van der Waals surface area (Å²) in [5.41, 5.74) is 2.53. The van der Waals surface area contributed by atoms with Crippen molar-refractivity contribution >= 4 is 33.5 Å². The standard InChI is InChI=1S/C21H20O2S/c1-23-21(22)20-15-18-17(13-8-14-19(18)24-20)12-7-3-6-11-16-9-4-2-5-10-16/h2,4-5,7-10,12-15H,3,6,11H2,1H3. The summed E-state index contributed by atoms with van der Waals surface area (Å²) in [7, 11) is 1.42. The quantitative estimate of drug-likeness (QED) is 0.425. The number of unbranched alkanes of at least 4 members (excludes halogenated alkanes) is 1. The predicted molar refractivity (Wildman–Crippen MR) is 102 cm³/mol. The molecule has 0 saturated heterocycles. The molecule has 122 valence electrons. The van der Waals surface area contributed by atoms with E-state index in [-0.39, 0.29) is 5.97 Å². The number of carbonyl (C=O) groups excluding carboxylic acids is 1. The highest BCUT2D eigenvalue weighted by molar-refractivity contribution is 7.20. The Morgan fingerprint density at radius 3 is 2.75 bits per heavy atom. The number of thiophene rings is 1. The van der Waals surface area contributed by atoms with E-state index in [9.17, 15) is 4.79 Å². The zero-order valence-corrected chi connectivity index (χ0v) is 14.5. The molecule has 2 aromatic carbocycles. The monoisotopic (exact) mass is 336 g/mol. The average molecular weight is 336 g/mol. The number of ether oxygens (including phenoxy) is 1. The molecule has 3 heteroatoms. The lowest BCUT2D eigenvalue weighted by atomic mass is 10.1. The van der Waals surface area contributed by atoms with Gasteiger partial charge in [-0.05, 0) is 42.5 Å². The molecule has 0 aliphatic carbocycles. The number of rotatable bonds is 6. The third-order valence-corrected chi connectivity index (χ3v) is 5.04. The molecule has 3 rings (SSSR count). The zero-order chi connectivity index (χ0) is 16.8. The average Bonchev–Trinajstić information content (AvgIpc) is 3.06. The minimum Gasteiger partial charge on any atom is -0.465 e. The third kappa shape index (κ3) is 3.92. The Bertz CT molecular complexity index is 847. The van der Waals surface area contributed by atoms with Crippen molar-refractivity contribution in [3.05, 3.63) is 76.7 Å². The van der Waals surface area contributed by atoms with E-state index in [2.05, 4.69) is 42.5 Å². The third-order valence-electron chi connectivity index (χ3n) is 3.96. The molecule has 0 fully saturated rings. The second kappa shape index (κ2) is 7.93. The van der Waals surface area contributed by atoms with Crippen molar-refractivity contribution in [2.75, 3.05) is 7.11 Å². The summed E-state index contributed by atoms with van der Waals surface area (Å²) in [4.78, 5) is 12.3. The Balaban J connectivity index is 1.66. The van der Waals surface area contributed by atoms with Crippen LogP contribution in [-0.2, 0) is 11.2 Å². The van der Waals surface area contributed by atoms with E-state index in [0.29, 0.717) is 4.88 Å². The van der Waals surface area contributed by atoms with Crippen LogP contribution in [0.25, 0.3) is 16.2 Å². The number of hydrogen-bond acceptors (Lipinski definition) is 3. The van der Waals surface area contributed by atoms with E-state index in [1.807, 2.05) is 24.3 Å². The van der Waals surface area contributed by atoms with Gasteiger partial charge in [0.1, 0.15) is 4.88 Å². The van der Waals surface area contributed by atoms with Gasteiger partial charge in [0.15, 0.2) is 0 Å². The Morgan fingerprint density at radius 2 is 1.96 bits per heavy atom. The minimum absolute atomic E-state index is 0.269. The summed E-state index contributed by atoms with van der Waals surface area (Å²) in [6.07, 6.45) is 7.64. The number of aryl methyl sites for hydroxylation is 1. The lowest BCUT2D eigenvalue weighted by molar-refractivity contribution is 0.0606. The normalized spacial score (nSPS) is 11.2. The fourth-order valence-electron chi connectivity index (χ4n) is 2.71. The van der Waals surface area contributed by atoms with Gasteiger partial charge < -0.3 is 4.74 Å². The number of methoxy groups -OCH3 is 1. The van der Waals surface area contributed by atoms with Gasteiger partial charge in [0, 0.05) is 10.1 Å². The summed E-state index contributed by atoms with van der Waals surface area (Å²) < 4.78 is 5.93. The molecule has 3 aromatic rings. The first-order valence-corrected chi connectivity index (χ1v) is 8.91. The Morgan fingerprint density at radius 1 is 1.12 bits per heavy atom. The van der Waals surface area contributed by atoms with Crippen LogP contribution in [0.3, 0.4) is 0 Å². The number of allylic oxidation sites excluding steroid dienone is 1. The van der Waals surface area contributed by atoms with Crippen LogP contribution in [0.5, 0.6) is 0 Å². The van der Waals surface area contributed by atoms with Crippen molar-refractivity contribution in [1.82, 2.24) is 0 Å². The minimum atomic E-state index is -0.269. The fraction of sp³-hybridized carbons (Fsp3) is 0.190. The van der Waals surface area contributed by atoms with Crippen molar-refractivity contribution in [2.24, 2.45) is 0 Å². The van der Waals surface area contributed by atoms with Crippen molar-refractivity contribution in [1.29, 1.82) is 0 Å². The van der Waals surface area contributed by atoms with Gasteiger partial charge in [-0.2, -0.15) is 0 Å². The van der Waals surface area contributed by atoms with Gasteiger partial charge in [-0.1, -0.05) is 54.6 Å².